The second-order valence-corrected chi connectivity index (χ2v) is 6.95. The molecule has 2 unspecified atom stereocenters. The van der Waals surface area contributed by atoms with Crippen molar-refractivity contribution in [1.82, 2.24) is 10.2 Å². The van der Waals surface area contributed by atoms with Gasteiger partial charge in [0.2, 0.25) is 5.91 Å². The zero-order valence-corrected chi connectivity index (χ0v) is 13.1. The van der Waals surface area contributed by atoms with Gasteiger partial charge in [0.25, 0.3) is 0 Å². The molecule has 0 radical (unpaired) electrons. The van der Waals surface area contributed by atoms with Crippen molar-refractivity contribution in [3.8, 4) is 0 Å². The molecule has 0 spiro atoms. The van der Waals surface area contributed by atoms with Crippen molar-refractivity contribution in [2.45, 2.75) is 58.2 Å². The molecule has 3 rings (SSSR count). The van der Waals surface area contributed by atoms with Gasteiger partial charge in [-0.15, -0.1) is 0 Å². The average molecular weight is 286 g/mol. The highest BCUT2D eigenvalue weighted by atomic mass is 16.2. The maximum Gasteiger partial charge on any atom is 0.245 e. The Morgan fingerprint density at radius 3 is 2.57 bits per heavy atom. The highest BCUT2D eigenvalue weighted by Gasteiger charge is 2.43. The number of nitrogens with zero attached hydrogens (tertiary/aromatic N) is 1. The SMILES string of the molecule is CCCC1NC(c2ccccc2)C(=O)N1CC1(C)CCC1. The Hall–Kier alpha value is -1.35. The second-order valence-electron chi connectivity index (χ2n) is 6.95. The van der Waals surface area contributed by atoms with Crippen molar-refractivity contribution < 1.29 is 4.79 Å². The predicted octanol–water partition coefficient (Wildman–Crippen LogP) is 3.48. The quantitative estimate of drug-likeness (QED) is 0.899. The van der Waals surface area contributed by atoms with Crippen LogP contribution < -0.4 is 5.32 Å². The minimum absolute atomic E-state index is 0.161. The monoisotopic (exact) mass is 286 g/mol. The summed E-state index contributed by atoms with van der Waals surface area (Å²) in [6.45, 7) is 5.42. The highest BCUT2D eigenvalue weighted by molar-refractivity contribution is 5.85. The van der Waals surface area contributed by atoms with Gasteiger partial charge in [0.1, 0.15) is 6.04 Å². The summed E-state index contributed by atoms with van der Waals surface area (Å²) >= 11 is 0. The van der Waals surface area contributed by atoms with Gasteiger partial charge < -0.3 is 4.90 Å². The molecule has 0 bridgehead atoms. The lowest BCUT2D eigenvalue weighted by molar-refractivity contribution is -0.132. The molecule has 1 amide bonds. The van der Waals surface area contributed by atoms with E-state index >= 15 is 0 Å². The lowest BCUT2D eigenvalue weighted by Crippen LogP contribution is -2.46. The van der Waals surface area contributed by atoms with E-state index < -0.39 is 0 Å². The molecule has 2 aliphatic rings. The van der Waals surface area contributed by atoms with Crippen molar-refractivity contribution in [2.75, 3.05) is 6.54 Å². The van der Waals surface area contributed by atoms with Crippen LogP contribution in [0.15, 0.2) is 30.3 Å². The van der Waals surface area contributed by atoms with Gasteiger partial charge in [0, 0.05) is 6.54 Å². The minimum atomic E-state index is -0.161. The lowest BCUT2D eigenvalue weighted by Gasteiger charge is -2.42. The van der Waals surface area contributed by atoms with Crippen molar-refractivity contribution >= 4 is 5.91 Å². The van der Waals surface area contributed by atoms with Gasteiger partial charge in [0.05, 0.1) is 6.17 Å². The number of nitrogens with one attached hydrogen (secondary N) is 1. The van der Waals surface area contributed by atoms with Crippen LogP contribution in [-0.2, 0) is 4.79 Å². The zero-order valence-electron chi connectivity index (χ0n) is 13.1. The Balaban J connectivity index is 1.78. The summed E-state index contributed by atoms with van der Waals surface area (Å²) in [4.78, 5) is 15.0. The summed E-state index contributed by atoms with van der Waals surface area (Å²) in [6, 6.07) is 9.95. The van der Waals surface area contributed by atoms with Gasteiger partial charge in [-0.2, -0.15) is 0 Å². The van der Waals surface area contributed by atoms with E-state index in [9.17, 15) is 4.79 Å². The fourth-order valence-corrected chi connectivity index (χ4v) is 3.61. The third-order valence-corrected chi connectivity index (χ3v) is 5.07. The fourth-order valence-electron chi connectivity index (χ4n) is 3.61. The third kappa shape index (κ3) is 2.84. The molecule has 3 heteroatoms. The number of benzene rings is 1. The number of amides is 1. The van der Waals surface area contributed by atoms with Crippen LogP contribution in [0.1, 0.15) is 57.6 Å². The Labute approximate surface area is 127 Å². The molecule has 114 valence electrons. The van der Waals surface area contributed by atoms with E-state index in [1.807, 2.05) is 30.3 Å². The molecule has 1 aliphatic heterocycles. The molecule has 1 heterocycles. The van der Waals surface area contributed by atoms with Crippen LogP contribution in [0.5, 0.6) is 0 Å². The molecule has 1 saturated carbocycles. The molecule has 3 nitrogen and oxygen atoms in total. The van der Waals surface area contributed by atoms with Crippen LogP contribution in [0.4, 0.5) is 0 Å². The van der Waals surface area contributed by atoms with Crippen LogP contribution in [-0.4, -0.2) is 23.5 Å². The van der Waals surface area contributed by atoms with Crippen LogP contribution in [0.3, 0.4) is 0 Å². The average Bonchev–Trinajstić information content (AvgIpc) is 2.76. The molecule has 2 fully saturated rings. The molecule has 21 heavy (non-hydrogen) atoms. The van der Waals surface area contributed by atoms with Gasteiger partial charge in [-0.05, 0) is 30.2 Å². The van der Waals surface area contributed by atoms with Crippen molar-refractivity contribution in [3.63, 3.8) is 0 Å². The first-order valence-corrected chi connectivity index (χ1v) is 8.24. The third-order valence-electron chi connectivity index (χ3n) is 5.07. The summed E-state index contributed by atoms with van der Waals surface area (Å²) in [6.07, 6.45) is 6.15. The minimum Gasteiger partial charge on any atom is -0.325 e. The smallest absolute Gasteiger partial charge is 0.245 e. The molecular formula is C18H26N2O. The number of hydrogen-bond acceptors (Lipinski definition) is 2. The van der Waals surface area contributed by atoms with Gasteiger partial charge in [0.15, 0.2) is 0 Å². The normalized spacial score (nSPS) is 27.7. The Kier molecular flexibility index (Phi) is 4.03. The number of carbonyl (C=O) groups is 1. The number of hydrogen-bond donors (Lipinski definition) is 1. The molecule has 1 aromatic rings. The molecule has 1 saturated heterocycles. The second kappa shape index (κ2) is 5.80. The Morgan fingerprint density at radius 1 is 1.29 bits per heavy atom. The molecule has 1 aliphatic carbocycles. The zero-order chi connectivity index (χ0) is 14.9. The summed E-state index contributed by atoms with van der Waals surface area (Å²) in [5.74, 6) is 0.257. The van der Waals surface area contributed by atoms with Crippen molar-refractivity contribution in [1.29, 1.82) is 0 Å². The number of rotatable bonds is 5. The van der Waals surface area contributed by atoms with Crippen LogP contribution in [0, 0.1) is 5.41 Å². The standard InChI is InChI=1S/C18H26N2O/c1-3-8-15-19-16(14-9-5-4-6-10-14)17(21)20(15)13-18(2)11-7-12-18/h4-6,9-10,15-16,19H,3,7-8,11-13H2,1-2H3. The van der Waals surface area contributed by atoms with E-state index in [4.69, 9.17) is 0 Å². The predicted molar refractivity (Wildman–Crippen MR) is 84.7 cm³/mol. The highest BCUT2D eigenvalue weighted by Crippen LogP contribution is 2.42. The van der Waals surface area contributed by atoms with Crippen molar-refractivity contribution in [2.24, 2.45) is 5.41 Å². The molecule has 1 N–H and O–H groups in total. The summed E-state index contributed by atoms with van der Waals surface area (Å²) < 4.78 is 0. The molecule has 1 aromatic carbocycles. The molecular weight excluding hydrogens is 260 g/mol. The fraction of sp³-hybridized carbons (Fsp3) is 0.611. The van der Waals surface area contributed by atoms with Crippen LogP contribution >= 0.6 is 0 Å². The van der Waals surface area contributed by atoms with E-state index in [0.29, 0.717) is 5.41 Å². The lowest BCUT2D eigenvalue weighted by atomic mass is 9.70. The van der Waals surface area contributed by atoms with E-state index in [-0.39, 0.29) is 18.1 Å². The van der Waals surface area contributed by atoms with E-state index in [0.717, 1.165) is 24.9 Å². The van der Waals surface area contributed by atoms with E-state index in [1.165, 1.54) is 19.3 Å². The van der Waals surface area contributed by atoms with Crippen LogP contribution in [0.2, 0.25) is 0 Å². The van der Waals surface area contributed by atoms with Crippen LogP contribution in [0.25, 0.3) is 0 Å². The maximum absolute atomic E-state index is 12.9. The largest absolute Gasteiger partial charge is 0.325 e. The summed E-state index contributed by atoms with van der Waals surface area (Å²) in [5.41, 5.74) is 1.43. The first-order chi connectivity index (χ1) is 10.1. The van der Waals surface area contributed by atoms with E-state index in [1.54, 1.807) is 0 Å². The molecule has 0 aromatic heterocycles. The van der Waals surface area contributed by atoms with Crippen molar-refractivity contribution in [3.05, 3.63) is 35.9 Å². The number of carbonyl (C=O) groups excluding carboxylic acids is 1. The van der Waals surface area contributed by atoms with E-state index in [2.05, 4.69) is 24.1 Å². The van der Waals surface area contributed by atoms with Gasteiger partial charge in [-0.1, -0.05) is 57.0 Å². The Morgan fingerprint density at radius 2 is 2.00 bits per heavy atom. The van der Waals surface area contributed by atoms with Gasteiger partial charge >= 0.3 is 0 Å². The Bertz CT molecular complexity index is 495. The first-order valence-electron chi connectivity index (χ1n) is 8.24. The van der Waals surface area contributed by atoms with Gasteiger partial charge in [-0.3, -0.25) is 10.1 Å². The maximum atomic E-state index is 12.9. The summed E-state index contributed by atoms with van der Waals surface area (Å²) in [7, 11) is 0. The summed E-state index contributed by atoms with van der Waals surface area (Å²) in [5, 5.41) is 3.56. The first kappa shape index (κ1) is 14.6. The molecule has 2 atom stereocenters. The topological polar surface area (TPSA) is 32.3 Å². The van der Waals surface area contributed by atoms with Gasteiger partial charge in [-0.25, -0.2) is 0 Å².